The molecule has 4 nitrogen and oxygen atoms in total. The lowest BCUT2D eigenvalue weighted by Crippen LogP contribution is -2.00. The molecule has 0 spiro atoms. The number of aliphatic carboxylic acids is 1. The molecule has 0 saturated heterocycles. The van der Waals surface area contributed by atoms with Crippen molar-refractivity contribution >= 4 is 29.5 Å². The van der Waals surface area contributed by atoms with Gasteiger partial charge in [-0.1, -0.05) is 84.2 Å². The summed E-state index contributed by atoms with van der Waals surface area (Å²) in [5.74, 6) is -0.112. The van der Waals surface area contributed by atoms with Crippen LogP contribution >= 0.6 is 23.5 Å². The van der Waals surface area contributed by atoms with Crippen molar-refractivity contribution in [3.63, 3.8) is 0 Å². The number of hydrogen-bond acceptors (Lipinski definition) is 5. The van der Waals surface area contributed by atoms with Crippen molar-refractivity contribution in [2.24, 2.45) is 0 Å². The lowest BCUT2D eigenvalue weighted by molar-refractivity contribution is -0.133. The molecule has 1 N–H and O–H groups in total. The fraction of sp³-hybridized carbons (Fsp3) is 0.105. The zero-order chi connectivity index (χ0) is 17.5. The van der Waals surface area contributed by atoms with Gasteiger partial charge in [-0.3, -0.25) is 4.79 Å². The molecule has 2 aromatic carbocycles. The number of nitrogens with zero attached hydrogens (tertiary/aromatic N) is 2. The molecule has 0 unspecified atom stereocenters. The highest BCUT2D eigenvalue weighted by Gasteiger charge is 2.09. The van der Waals surface area contributed by atoms with E-state index in [4.69, 9.17) is 5.11 Å². The van der Waals surface area contributed by atoms with Crippen LogP contribution in [-0.4, -0.2) is 26.8 Å². The molecule has 25 heavy (non-hydrogen) atoms. The van der Waals surface area contributed by atoms with Crippen molar-refractivity contribution in [3.8, 4) is 11.3 Å². The summed E-state index contributed by atoms with van der Waals surface area (Å²) < 4.78 is 0. The van der Waals surface area contributed by atoms with Crippen LogP contribution in [0, 0.1) is 0 Å². The molecule has 0 aliphatic carbocycles. The summed E-state index contributed by atoms with van der Waals surface area (Å²) in [7, 11) is 0. The Hall–Kier alpha value is -2.31. The molecular weight excluding hydrogens is 352 g/mol. The van der Waals surface area contributed by atoms with Crippen molar-refractivity contribution in [2.75, 3.05) is 5.75 Å². The summed E-state index contributed by atoms with van der Waals surface area (Å²) in [5, 5.41) is 10.2. The minimum absolute atomic E-state index is 0.0198. The van der Waals surface area contributed by atoms with Crippen molar-refractivity contribution < 1.29 is 9.90 Å². The largest absolute Gasteiger partial charge is 0.481 e. The lowest BCUT2D eigenvalue weighted by atomic mass is 10.1. The lowest BCUT2D eigenvalue weighted by Gasteiger charge is -2.07. The van der Waals surface area contributed by atoms with Crippen molar-refractivity contribution in [1.29, 1.82) is 0 Å². The zero-order valence-electron chi connectivity index (χ0n) is 13.3. The molecule has 0 aliphatic heterocycles. The van der Waals surface area contributed by atoms with E-state index in [-0.39, 0.29) is 5.75 Å². The van der Waals surface area contributed by atoms with Gasteiger partial charge in [0.25, 0.3) is 0 Å². The van der Waals surface area contributed by atoms with Crippen LogP contribution in [0.4, 0.5) is 0 Å². The summed E-state index contributed by atoms with van der Waals surface area (Å²) in [6, 6.07) is 21.8. The van der Waals surface area contributed by atoms with Gasteiger partial charge in [-0.25, -0.2) is 9.97 Å². The van der Waals surface area contributed by atoms with E-state index in [0.29, 0.717) is 10.2 Å². The predicted molar refractivity (Wildman–Crippen MR) is 102 cm³/mol. The second-order valence-electron chi connectivity index (χ2n) is 5.20. The topological polar surface area (TPSA) is 63.1 Å². The number of aromatic nitrogens is 2. The summed E-state index contributed by atoms with van der Waals surface area (Å²) in [6.07, 6.45) is 0. The van der Waals surface area contributed by atoms with Crippen LogP contribution in [0.5, 0.6) is 0 Å². The molecule has 0 bridgehead atoms. The zero-order valence-corrected chi connectivity index (χ0v) is 15.0. The van der Waals surface area contributed by atoms with E-state index in [2.05, 4.69) is 22.1 Å². The molecule has 0 saturated carbocycles. The highest BCUT2D eigenvalue weighted by molar-refractivity contribution is 8.00. The maximum atomic E-state index is 10.9. The number of carboxylic acid groups (broad SMARTS) is 1. The van der Waals surface area contributed by atoms with Crippen LogP contribution in [-0.2, 0) is 10.5 Å². The quantitative estimate of drug-likeness (QED) is 0.373. The molecule has 0 radical (unpaired) electrons. The summed E-state index contributed by atoms with van der Waals surface area (Å²) in [5.41, 5.74) is 2.99. The summed E-state index contributed by atoms with van der Waals surface area (Å²) in [6.45, 7) is 0. The molecule has 0 amide bonds. The highest BCUT2D eigenvalue weighted by Crippen LogP contribution is 2.27. The maximum absolute atomic E-state index is 10.9. The van der Waals surface area contributed by atoms with Crippen LogP contribution in [0.2, 0.25) is 0 Å². The van der Waals surface area contributed by atoms with Gasteiger partial charge in [0.15, 0.2) is 5.16 Å². The van der Waals surface area contributed by atoms with Gasteiger partial charge in [-0.15, -0.1) is 0 Å². The third-order valence-electron chi connectivity index (χ3n) is 3.31. The Morgan fingerprint density at radius 1 is 0.920 bits per heavy atom. The Kier molecular flexibility index (Phi) is 6.09. The van der Waals surface area contributed by atoms with Gasteiger partial charge in [-0.05, 0) is 11.6 Å². The van der Waals surface area contributed by atoms with Crippen LogP contribution in [0.3, 0.4) is 0 Å². The fourth-order valence-electron chi connectivity index (χ4n) is 2.16. The molecule has 0 fully saturated rings. The van der Waals surface area contributed by atoms with Gasteiger partial charge in [-0.2, -0.15) is 0 Å². The number of benzene rings is 2. The normalized spacial score (nSPS) is 10.6. The Bertz CT molecular complexity index is 843. The molecule has 126 valence electrons. The number of carboxylic acids is 1. The first-order valence-corrected chi connectivity index (χ1v) is 9.63. The van der Waals surface area contributed by atoms with Crippen LogP contribution in [0.1, 0.15) is 5.56 Å². The van der Waals surface area contributed by atoms with Gasteiger partial charge in [0, 0.05) is 11.3 Å². The third kappa shape index (κ3) is 5.34. The Morgan fingerprint density at radius 3 is 2.28 bits per heavy atom. The number of rotatable bonds is 7. The highest BCUT2D eigenvalue weighted by atomic mass is 32.2. The van der Waals surface area contributed by atoms with E-state index in [9.17, 15) is 4.79 Å². The number of carbonyl (C=O) groups is 1. The minimum atomic E-state index is -0.858. The number of thioether (sulfide) groups is 2. The first-order chi connectivity index (χ1) is 12.2. The van der Waals surface area contributed by atoms with Gasteiger partial charge in [0.1, 0.15) is 5.03 Å². The second-order valence-corrected chi connectivity index (χ2v) is 7.13. The summed E-state index contributed by atoms with van der Waals surface area (Å²) >= 11 is 2.76. The molecule has 0 atom stereocenters. The van der Waals surface area contributed by atoms with Crippen LogP contribution in [0.25, 0.3) is 11.3 Å². The minimum Gasteiger partial charge on any atom is -0.481 e. The summed E-state index contributed by atoms with van der Waals surface area (Å²) in [4.78, 5) is 20.0. The molecular formula is C19H16N2O2S2. The first-order valence-electron chi connectivity index (χ1n) is 7.66. The fourth-order valence-corrected chi connectivity index (χ4v) is 3.65. The maximum Gasteiger partial charge on any atom is 0.313 e. The van der Waals surface area contributed by atoms with E-state index in [0.717, 1.165) is 17.0 Å². The first kappa shape index (κ1) is 17.5. The van der Waals surface area contributed by atoms with Crippen LogP contribution in [0.15, 0.2) is 76.9 Å². The smallest absolute Gasteiger partial charge is 0.313 e. The average molecular weight is 368 g/mol. The predicted octanol–water partition coefficient (Wildman–Crippen LogP) is 4.61. The Morgan fingerprint density at radius 2 is 1.60 bits per heavy atom. The Labute approximate surface area is 154 Å². The monoisotopic (exact) mass is 368 g/mol. The van der Waals surface area contributed by atoms with Gasteiger partial charge in [0.2, 0.25) is 0 Å². The standard InChI is InChI=1S/C19H16N2O2S2/c22-18(23)13-24-17-11-16(15-9-5-2-6-10-15)20-19(21-17)25-12-14-7-3-1-4-8-14/h1-11H,12-13H2,(H,22,23). The van der Waals surface area contributed by atoms with Crippen molar-refractivity contribution in [2.45, 2.75) is 15.9 Å². The van der Waals surface area contributed by atoms with Crippen molar-refractivity contribution in [1.82, 2.24) is 9.97 Å². The molecule has 3 rings (SSSR count). The van der Waals surface area contributed by atoms with E-state index in [1.54, 1.807) is 11.8 Å². The molecule has 1 aromatic heterocycles. The second kappa shape index (κ2) is 8.69. The van der Waals surface area contributed by atoms with E-state index >= 15 is 0 Å². The molecule has 0 aliphatic rings. The van der Waals surface area contributed by atoms with Gasteiger partial charge >= 0.3 is 5.97 Å². The third-order valence-corrected chi connectivity index (χ3v) is 5.12. The SMILES string of the molecule is O=C(O)CSc1cc(-c2ccccc2)nc(SCc2ccccc2)n1. The molecule has 6 heteroatoms. The van der Waals surface area contributed by atoms with Crippen LogP contribution < -0.4 is 0 Å². The van der Waals surface area contributed by atoms with Gasteiger partial charge in [0.05, 0.1) is 11.4 Å². The van der Waals surface area contributed by atoms with Gasteiger partial charge < -0.3 is 5.11 Å². The van der Waals surface area contributed by atoms with E-state index in [1.165, 1.54) is 17.3 Å². The number of hydrogen-bond donors (Lipinski definition) is 1. The van der Waals surface area contributed by atoms with E-state index in [1.807, 2.05) is 54.6 Å². The Balaban J connectivity index is 1.85. The van der Waals surface area contributed by atoms with E-state index < -0.39 is 5.97 Å². The van der Waals surface area contributed by atoms with Crippen molar-refractivity contribution in [3.05, 3.63) is 72.3 Å². The molecule has 3 aromatic rings. The molecule has 1 heterocycles. The average Bonchev–Trinajstić information content (AvgIpc) is 2.66.